The van der Waals surface area contributed by atoms with E-state index < -0.39 is 0 Å². The topological polar surface area (TPSA) is 63.6 Å². The molecule has 0 aliphatic heterocycles. The average Bonchev–Trinajstić information content (AvgIpc) is 2.26. The summed E-state index contributed by atoms with van der Waals surface area (Å²) in [5, 5.41) is 3.23. The molecule has 5 heteroatoms. The molecular weight excluding hydrogens is 190 g/mol. The van der Waals surface area contributed by atoms with Crippen molar-refractivity contribution >= 4 is 17.0 Å². The Bertz CT molecular complexity index is 449. The van der Waals surface area contributed by atoms with E-state index in [0.29, 0.717) is 11.6 Å². The molecule has 5 nitrogen and oxygen atoms in total. The molecule has 0 aliphatic carbocycles. The zero-order chi connectivity index (χ0) is 10.7. The van der Waals surface area contributed by atoms with Gasteiger partial charge in [-0.1, -0.05) is 13.8 Å². The maximum atomic E-state index is 4.21. The Morgan fingerprint density at radius 2 is 1.93 bits per heavy atom. The second kappa shape index (κ2) is 4.16. The first-order chi connectivity index (χ1) is 7.27. The van der Waals surface area contributed by atoms with Crippen molar-refractivity contribution in [2.24, 2.45) is 5.92 Å². The van der Waals surface area contributed by atoms with Gasteiger partial charge in [-0.2, -0.15) is 0 Å². The van der Waals surface area contributed by atoms with Gasteiger partial charge in [-0.25, -0.2) is 19.9 Å². The maximum absolute atomic E-state index is 4.21. The maximum Gasteiger partial charge on any atom is 0.183 e. The van der Waals surface area contributed by atoms with Crippen LogP contribution in [-0.4, -0.2) is 26.5 Å². The van der Waals surface area contributed by atoms with Crippen molar-refractivity contribution in [1.82, 2.24) is 19.9 Å². The van der Waals surface area contributed by atoms with Crippen molar-refractivity contribution in [3.05, 3.63) is 18.7 Å². The van der Waals surface area contributed by atoms with Crippen molar-refractivity contribution in [1.29, 1.82) is 0 Å². The Morgan fingerprint density at radius 1 is 1.13 bits per heavy atom. The third-order valence-electron chi connectivity index (χ3n) is 1.95. The van der Waals surface area contributed by atoms with Gasteiger partial charge in [0.2, 0.25) is 0 Å². The predicted octanol–water partition coefficient (Wildman–Crippen LogP) is 1.49. The monoisotopic (exact) mass is 203 g/mol. The van der Waals surface area contributed by atoms with Crippen LogP contribution in [0.2, 0.25) is 0 Å². The van der Waals surface area contributed by atoms with E-state index in [0.717, 1.165) is 17.9 Å². The molecule has 0 saturated heterocycles. The van der Waals surface area contributed by atoms with Gasteiger partial charge in [-0.05, 0) is 5.92 Å². The minimum absolute atomic E-state index is 0.562. The number of rotatable bonds is 3. The largest absolute Gasteiger partial charge is 0.368 e. The van der Waals surface area contributed by atoms with Crippen LogP contribution in [0.3, 0.4) is 0 Å². The summed E-state index contributed by atoms with van der Waals surface area (Å²) < 4.78 is 0. The molecule has 0 fully saturated rings. The Hall–Kier alpha value is -1.78. The minimum atomic E-state index is 0.562. The first-order valence-corrected chi connectivity index (χ1v) is 4.93. The second-order valence-electron chi connectivity index (χ2n) is 3.73. The molecule has 0 aromatic carbocycles. The lowest BCUT2D eigenvalue weighted by molar-refractivity contribution is 0.687. The van der Waals surface area contributed by atoms with E-state index in [-0.39, 0.29) is 0 Å². The van der Waals surface area contributed by atoms with Gasteiger partial charge in [-0.15, -0.1) is 0 Å². The summed E-state index contributed by atoms with van der Waals surface area (Å²) >= 11 is 0. The van der Waals surface area contributed by atoms with Crippen molar-refractivity contribution in [2.75, 3.05) is 11.9 Å². The van der Waals surface area contributed by atoms with Crippen molar-refractivity contribution in [2.45, 2.75) is 13.8 Å². The summed E-state index contributed by atoms with van der Waals surface area (Å²) in [4.78, 5) is 16.5. The van der Waals surface area contributed by atoms with Crippen molar-refractivity contribution in [3.63, 3.8) is 0 Å². The molecule has 0 aliphatic rings. The van der Waals surface area contributed by atoms with Crippen LogP contribution in [0.1, 0.15) is 13.8 Å². The summed E-state index contributed by atoms with van der Waals surface area (Å²) in [6.45, 7) is 5.15. The average molecular weight is 203 g/mol. The predicted molar refractivity (Wildman–Crippen MR) is 58.5 cm³/mol. The van der Waals surface area contributed by atoms with Gasteiger partial charge in [0.25, 0.3) is 0 Å². The molecular formula is C10H13N5. The minimum Gasteiger partial charge on any atom is -0.368 e. The standard InChI is InChI=1S/C10H13N5/c1-7(2)5-13-10-8-9(14-6-15-10)12-4-3-11-8/h3-4,6-7H,5H2,1-2H3,(H,12,13,14,15). The lowest BCUT2D eigenvalue weighted by Gasteiger charge is -2.08. The van der Waals surface area contributed by atoms with Crippen LogP contribution in [0, 0.1) is 5.92 Å². The van der Waals surface area contributed by atoms with E-state index in [4.69, 9.17) is 0 Å². The lowest BCUT2D eigenvalue weighted by Crippen LogP contribution is -2.10. The first-order valence-electron chi connectivity index (χ1n) is 4.93. The van der Waals surface area contributed by atoms with Crippen LogP contribution in [-0.2, 0) is 0 Å². The van der Waals surface area contributed by atoms with Gasteiger partial charge in [0.1, 0.15) is 11.8 Å². The number of nitrogens with zero attached hydrogens (tertiary/aromatic N) is 4. The van der Waals surface area contributed by atoms with Crippen LogP contribution >= 0.6 is 0 Å². The van der Waals surface area contributed by atoms with Gasteiger partial charge in [0.15, 0.2) is 11.5 Å². The molecule has 1 N–H and O–H groups in total. The molecule has 0 atom stereocenters. The van der Waals surface area contributed by atoms with E-state index in [9.17, 15) is 0 Å². The number of hydrogen-bond donors (Lipinski definition) is 1. The van der Waals surface area contributed by atoms with Crippen molar-refractivity contribution < 1.29 is 0 Å². The Labute approximate surface area is 88.0 Å². The van der Waals surface area contributed by atoms with E-state index in [2.05, 4.69) is 39.1 Å². The van der Waals surface area contributed by atoms with Crippen molar-refractivity contribution in [3.8, 4) is 0 Å². The highest BCUT2D eigenvalue weighted by Gasteiger charge is 2.04. The Morgan fingerprint density at radius 3 is 2.73 bits per heavy atom. The van der Waals surface area contributed by atoms with Gasteiger partial charge in [0, 0.05) is 18.9 Å². The van der Waals surface area contributed by atoms with Crippen LogP contribution in [0.15, 0.2) is 18.7 Å². The fourth-order valence-corrected chi connectivity index (χ4v) is 1.22. The smallest absolute Gasteiger partial charge is 0.183 e. The van der Waals surface area contributed by atoms with Gasteiger partial charge >= 0.3 is 0 Å². The number of fused-ring (bicyclic) bond motifs is 1. The van der Waals surface area contributed by atoms with Crippen LogP contribution < -0.4 is 5.32 Å². The summed E-state index contributed by atoms with van der Waals surface area (Å²) in [5.41, 5.74) is 1.35. The normalized spacial score (nSPS) is 10.9. The lowest BCUT2D eigenvalue weighted by atomic mass is 10.2. The number of aromatic nitrogens is 4. The quantitative estimate of drug-likeness (QED) is 0.818. The SMILES string of the molecule is CC(C)CNc1ncnc2nccnc12. The molecule has 78 valence electrons. The molecule has 0 unspecified atom stereocenters. The third-order valence-corrected chi connectivity index (χ3v) is 1.95. The molecule has 0 amide bonds. The zero-order valence-corrected chi connectivity index (χ0v) is 8.81. The highest BCUT2D eigenvalue weighted by atomic mass is 15.1. The number of hydrogen-bond acceptors (Lipinski definition) is 5. The summed E-state index contributed by atoms with van der Waals surface area (Å²) in [6.07, 6.45) is 4.77. The fourth-order valence-electron chi connectivity index (χ4n) is 1.22. The molecule has 0 saturated carbocycles. The summed E-state index contributed by atoms with van der Waals surface area (Å²) in [7, 11) is 0. The zero-order valence-electron chi connectivity index (χ0n) is 8.81. The van der Waals surface area contributed by atoms with E-state index in [1.807, 2.05) is 0 Å². The molecule has 2 heterocycles. The highest BCUT2D eigenvalue weighted by Crippen LogP contribution is 2.13. The van der Waals surface area contributed by atoms with Crippen LogP contribution in [0.4, 0.5) is 5.82 Å². The molecule has 2 aromatic heterocycles. The van der Waals surface area contributed by atoms with E-state index >= 15 is 0 Å². The Kier molecular flexibility index (Phi) is 2.71. The number of anilines is 1. The van der Waals surface area contributed by atoms with Crippen LogP contribution in [0.5, 0.6) is 0 Å². The molecule has 0 bridgehead atoms. The Balaban J connectivity index is 2.34. The molecule has 0 spiro atoms. The number of nitrogens with one attached hydrogen (secondary N) is 1. The molecule has 2 rings (SSSR count). The highest BCUT2D eigenvalue weighted by molar-refractivity contribution is 5.81. The van der Waals surface area contributed by atoms with E-state index in [1.54, 1.807) is 12.4 Å². The van der Waals surface area contributed by atoms with Gasteiger partial charge in [0.05, 0.1) is 0 Å². The first kappa shape index (κ1) is 9.76. The molecule has 15 heavy (non-hydrogen) atoms. The van der Waals surface area contributed by atoms with E-state index in [1.165, 1.54) is 6.33 Å². The fraction of sp³-hybridized carbons (Fsp3) is 0.400. The van der Waals surface area contributed by atoms with Gasteiger partial charge in [-0.3, -0.25) is 0 Å². The second-order valence-corrected chi connectivity index (χ2v) is 3.73. The van der Waals surface area contributed by atoms with Crippen LogP contribution in [0.25, 0.3) is 11.2 Å². The van der Waals surface area contributed by atoms with Gasteiger partial charge < -0.3 is 5.32 Å². The summed E-state index contributed by atoms with van der Waals surface area (Å²) in [6, 6.07) is 0. The summed E-state index contributed by atoms with van der Waals surface area (Å²) in [5.74, 6) is 1.31. The molecule has 0 radical (unpaired) electrons. The molecule has 2 aromatic rings. The third kappa shape index (κ3) is 2.18.